The smallest absolute Gasteiger partial charge is 0.139 e. The highest BCUT2D eigenvalue weighted by atomic mass is 79.9. The molecule has 0 spiro atoms. The van der Waals surface area contributed by atoms with Crippen molar-refractivity contribution in [1.29, 1.82) is 0 Å². The molecule has 100 valence electrons. The fraction of sp³-hybridized carbons (Fsp3) is 0.571. The molecule has 0 amide bonds. The van der Waals surface area contributed by atoms with E-state index in [2.05, 4.69) is 34.2 Å². The molecule has 1 aromatic rings. The Hall–Kier alpha value is -0.740. The molecule has 4 heteroatoms. The summed E-state index contributed by atoms with van der Waals surface area (Å²) in [5.41, 5.74) is 2.23. The Morgan fingerprint density at radius 3 is 2.44 bits per heavy atom. The van der Waals surface area contributed by atoms with E-state index in [1.54, 1.807) is 14.2 Å². The second kappa shape index (κ2) is 5.10. The molecule has 1 fully saturated rings. The van der Waals surface area contributed by atoms with Crippen LogP contribution in [0.4, 0.5) is 0 Å². The third-order valence-electron chi connectivity index (χ3n) is 3.79. The first-order valence-corrected chi connectivity index (χ1v) is 6.99. The predicted octanol–water partition coefficient (Wildman–Crippen LogP) is 3.37. The fourth-order valence-electron chi connectivity index (χ4n) is 2.79. The lowest BCUT2D eigenvalue weighted by Gasteiger charge is -2.29. The Kier molecular flexibility index (Phi) is 3.87. The lowest BCUT2D eigenvalue weighted by molar-refractivity contribution is 0.358. The van der Waals surface area contributed by atoms with E-state index in [0.717, 1.165) is 34.5 Å². The summed E-state index contributed by atoms with van der Waals surface area (Å²) < 4.78 is 12.0. The molecule has 1 N–H and O–H groups in total. The Balaban J connectivity index is 2.60. The van der Waals surface area contributed by atoms with Gasteiger partial charge in [-0.2, -0.15) is 0 Å². The maximum Gasteiger partial charge on any atom is 0.139 e. The standard InChI is InChI=1S/C14H20BrNO2/c1-9-12(17-3)10(8-11(15)13(9)18-4)14(2)6-5-7-16-14/h8,16H,5-7H2,1-4H3. The maximum atomic E-state index is 5.61. The average molecular weight is 314 g/mol. The summed E-state index contributed by atoms with van der Waals surface area (Å²) >= 11 is 3.58. The summed E-state index contributed by atoms with van der Waals surface area (Å²) in [6.45, 7) is 5.32. The third kappa shape index (κ3) is 2.12. The molecule has 1 heterocycles. The van der Waals surface area contributed by atoms with Crippen LogP contribution < -0.4 is 14.8 Å². The molecule has 2 rings (SSSR count). The number of hydrogen-bond donors (Lipinski definition) is 1. The number of rotatable bonds is 3. The van der Waals surface area contributed by atoms with Crippen LogP contribution in [0.15, 0.2) is 10.5 Å². The Bertz CT molecular complexity index is 454. The second-order valence-corrected chi connectivity index (χ2v) is 5.81. The van der Waals surface area contributed by atoms with E-state index in [9.17, 15) is 0 Å². The largest absolute Gasteiger partial charge is 0.496 e. The summed E-state index contributed by atoms with van der Waals surface area (Å²) in [6.07, 6.45) is 2.32. The lowest BCUT2D eigenvalue weighted by Crippen LogP contribution is -2.33. The van der Waals surface area contributed by atoms with Crippen LogP contribution in [0.5, 0.6) is 11.5 Å². The van der Waals surface area contributed by atoms with E-state index in [0.29, 0.717) is 0 Å². The zero-order valence-corrected chi connectivity index (χ0v) is 13.0. The van der Waals surface area contributed by atoms with E-state index >= 15 is 0 Å². The summed E-state index contributed by atoms with van der Waals surface area (Å²) in [5.74, 6) is 1.77. The zero-order chi connectivity index (χ0) is 13.3. The van der Waals surface area contributed by atoms with E-state index in [1.807, 2.05) is 6.92 Å². The molecule has 18 heavy (non-hydrogen) atoms. The van der Waals surface area contributed by atoms with Crippen LogP contribution in [0.1, 0.15) is 30.9 Å². The van der Waals surface area contributed by atoms with Gasteiger partial charge < -0.3 is 14.8 Å². The molecule has 1 aliphatic rings. The van der Waals surface area contributed by atoms with Crippen LogP contribution in [0.3, 0.4) is 0 Å². The topological polar surface area (TPSA) is 30.5 Å². The molecule has 3 nitrogen and oxygen atoms in total. The van der Waals surface area contributed by atoms with Crippen molar-refractivity contribution in [2.24, 2.45) is 0 Å². The molecule has 0 aliphatic carbocycles. The molecule has 1 saturated heterocycles. The highest BCUT2D eigenvalue weighted by Crippen LogP contribution is 2.44. The molecule has 1 unspecified atom stereocenters. The molecule has 1 atom stereocenters. The van der Waals surface area contributed by atoms with Crippen LogP contribution in [0.2, 0.25) is 0 Å². The van der Waals surface area contributed by atoms with Gasteiger partial charge in [0.05, 0.1) is 18.7 Å². The minimum atomic E-state index is -0.00903. The van der Waals surface area contributed by atoms with Crippen molar-refractivity contribution >= 4 is 15.9 Å². The Morgan fingerprint density at radius 2 is 1.94 bits per heavy atom. The van der Waals surface area contributed by atoms with Gasteiger partial charge in [-0.25, -0.2) is 0 Å². The molecule has 0 radical (unpaired) electrons. The van der Waals surface area contributed by atoms with Crippen molar-refractivity contribution in [2.75, 3.05) is 20.8 Å². The van der Waals surface area contributed by atoms with Crippen molar-refractivity contribution in [2.45, 2.75) is 32.2 Å². The van der Waals surface area contributed by atoms with Crippen LogP contribution in [-0.2, 0) is 5.54 Å². The highest BCUT2D eigenvalue weighted by Gasteiger charge is 2.34. The number of nitrogens with one attached hydrogen (secondary N) is 1. The van der Waals surface area contributed by atoms with E-state index in [-0.39, 0.29) is 5.54 Å². The number of methoxy groups -OCH3 is 2. The highest BCUT2D eigenvalue weighted by molar-refractivity contribution is 9.10. The first-order valence-electron chi connectivity index (χ1n) is 6.20. The van der Waals surface area contributed by atoms with Gasteiger partial charge in [-0.05, 0) is 55.2 Å². The van der Waals surface area contributed by atoms with Gasteiger partial charge in [-0.15, -0.1) is 0 Å². The van der Waals surface area contributed by atoms with Gasteiger partial charge >= 0.3 is 0 Å². The predicted molar refractivity (Wildman–Crippen MR) is 76.6 cm³/mol. The maximum absolute atomic E-state index is 5.61. The molecule has 0 saturated carbocycles. The van der Waals surface area contributed by atoms with Gasteiger partial charge in [0.25, 0.3) is 0 Å². The van der Waals surface area contributed by atoms with Crippen molar-refractivity contribution in [3.63, 3.8) is 0 Å². The fourth-order valence-corrected chi connectivity index (χ4v) is 3.48. The van der Waals surface area contributed by atoms with Gasteiger partial charge in [0.2, 0.25) is 0 Å². The third-order valence-corrected chi connectivity index (χ3v) is 4.37. The molecule has 0 bridgehead atoms. The Morgan fingerprint density at radius 1 is 1.28 bits per heavy atom. The van der Waals surface area contributed by atoms with Crippen molar-refractivity contribution in [3.05, 3.63) is 21.7 Å². The van der Waals surface area contributed by atoms with Crippen LogP contribution in [0.25, 0.3) is 0 Å². The van der Waals surface area contributed by atoms with Gasteiger partial charge in [-0.1, -0.05) is 0 Å². The van der Waals surface area contributed by atoms with Crippen molar-refractivity contribution in [3.8, 4) is 11.5 Å². The molecule has 1 aromatic carbocycles. The normalized spacial score (nSPS) is 23.2. The summed E-state index contributed by atoms with van der Waals surface area (Å²) in [4.78, 5) is 0. The van der Waals surface area contributed by atoms with Crippen molar-refractivity contribution < 1.29 is 9.47 Å². The van der Waals surface area contributed by atoms with Gasteiger partial charge in [0.15, 0.2) is 0 Å². The number of hydrogen-bond acceptors (Lipinski definition) is 3. The van der Waals surface area contributed by atoms with E-state index in [1.165, 1.54) is 12.0 Å². The molecular weight excluding hydrogens is 294 g/mol. The minimum Gasteiger partial charge on any atom is -0.496 e. The summed E-state index contributed by atoms with van der Waals surface area (Å²) in [5, 5.41) is 3.57. The van der Waals surface area contributed by atoms with E-state index in [4.69, 9.17) is 9.47 Å². The number of halogens is 1. The summed E-state index contributed by atoms with van der Waals surface area (Å²) in [7, 11) is 3.40. The number of benzene rings is 1. The summed E-state index contributed by atoms with van der Waals surface area (Å²) in [6, 6.07) is 2.11. The Labute approximate surface area is 117 Å². The monoisotopic (exact) mass is 313 g/mol. The van der Waals surface area contributed by atoms with Gasteiger partial charge in [0, 0.05) is 16.7 Å². The second-order valence-electron chi connectivity index (χ2n) is 4.96. The van der Waals surface area contributed by atoms with Gasteiger partial charge in [-0.3, -0.25) is 0 Å². The molecular formula is C14H20BrNO2. The SMILES string of the molecule is COc1c(Br)cc(C2(C)CCCN2)c(OC)c1C. The molecule has 1 aliphatic heterocycles. The minimum absolute atomic E-state index is 0.00903. The average Bonchev–Trinajstić information content (AvgIpc) is 2.77. The first-order chi connectivity index (χ1) is 8.53. The van der Waals surface area contributed by atoms with Crippen LogP contribution in [0, 0.1) is 6.92 Å². The van der Waals surface area contributed by atoms with Crippen LogP contribution in [-0.4, -0.2) is 20.8 Å². The van der Waals surface area contributed by atoms with Crippen LogP contribution >= 0.6 is 15.9 Å². The molecule has 0 aromatic heterocycles. The lowest BCUT2D eigenvalue weighted by atomic mass is 9.88. The van der Waals surface area contributed by atoms with Crippen molar-refractivity contribution in [1.82, 2.24) is 5.32 Å². The number of ether oxygens (including phenoxy) is 2. The quantitative estimate of drug-likeness (QED) is 0.928. The first kappa shape index (κ1) is 13.7. The zero-order valence-electron chi connectivity index (χ0n) is 11.4. The van der Waals surface area contributed by atoms with E-state index < -0.39 is 0 Å². The van der Waals surface area contributed by atoms with Gasteiger partial charge in [0.1, 0.15) is 11.5 Å².